The first-order valence-corrected chi connectivity index (χ1v) is 17.5. The van der Waals surface area contributed by atoms with Crippen LogP contribution in [0.1, 0.15) is 44.2 Å². The highest BCUT2D eigenvalue weighted by Gasteiger charge is 2.51. The fourth-order valence-corrected chi connectivity index (χ4v) is 7.54. The Morgan fingerprint density at radius 2 is 1.57 bits per heavy atom. The molecule has 272 valence electrons. The average molecular weight is 702 g/mol. The van der Waals surface area contributed by atoms with Crippen LogP contribution < -0.4 is 10.1 Å². The number of ether oxygens (including phenoxy) is 3. The number of hydrogen-bond donors (Lipinski definition) is 7. The highest BCUT2D eigenvalue weighted by atomic mass is 16.7. The maximum absolute atomic E-state index is 13.0. The summed E-state index contributed by atoms with van der Waals surface area (Å²) in [5, 5.41) is 66.9. The maximum atomic E-state index is 13.0. The predicted molar refractivity (Wildman–Crippen MR) is 189 cm³/mol. The number of phenols is 1. The van der Waals surface area contributed by atoms with E-state index in [0.717, 1.165) is 36.0 Å². The van der Waals surface area contributed by atoms with Crippen molar-refractivity contribution in [2.24, 2.45) is 11.8 Å². The zero-order valence-corrected chi connectivity index (χ0v) is 28.7. The number of carbonyl (C=O) groups is 1. The standard InChI is InChI=1S/C40H47NO10/c1-22(17-18-49-21-26-11-6-7-12-27(26)25-9-4-3-5-10-25)38-36(46)37(47)40(51-38)50-31-16-15-24(20-30(31)42)19-23(2)39(48)41-32-33(43)28-13-8-14-29(28)34(44)35(32)45/h3-7,9-12,15-17,19-20,28-29,32-38,40,42-47H,8,13-14,18,21H2,1-2H3,(H,41,48)/b22-17+,23-19+/t28-,29+,32+,33+,34+,35+,36+,37+,38-,40-/m1/s1. The number of aliphatic hydroxyl groups excluding tert-OH is 5. The smallest absolute Gasteiger partial charge is 0.247 e. The second-order valence-electron chi connectivity index (χ2n) is 13.8. The Labute approximate surface area is 297 Å². The van der Waals surface area contributed by atoms with E-state index in [-0.39, 0.29) is 35.5 Å². The Bertz CT molecular complexity index is 1730. The first-order valence-electron chi connectivity index (χ1n) is 17.5. The van der Waals surface area contributed by atoms with Crippen LogP contribution in [0.5, 0.6) is 11.5 Å². The normalized spacial score (nSPS) is 31.0. The Morgan fingerprint density at radius 1 is 0.863 bits per heavy atom. The van der Waals surface area contributed by atoms with Crippen LogP contribution in [0, 0.1) is 11.8 Å². The van der Waals surface area contributed by atoms with Crippen molar-refractivity contribution in [3.8, 4) is 22.6 Å². The van der Waals surface area contributed by atoms with E-state index in [1.165, 1.54) is 18.2 Å². The van der Waals surface area contributed by atoms with Gasteiger partial charge in [-0.15, -0.1) is 0 Å². The molecular weight excluding hydrogens is 654 g/mol. The third-order valence-electron chi connectivity index (χ3n) is 10.4. The van der Waals surface area contributed by atoms with Gasteiger partial charge >= 0.3 is 0 Å². The molecule has 3 aromatic carbocycles. The summed E-state index contributed by atoms with van der Waals surface area (Å²) in [4.78, 5) is 13.0. The summed E-state index contributed by atoms with van der Waals surface area (Å²) in [5.74, 6) is -1.19. The van der Waals surface area contributed by atoms with E-state index in [1.54, 1.807) is 26.0 Å². The van der Waals surface area contributed by atoms with Gasteiger partial charge in [0.25, 0.3) is 0 Å². The van der Waals surface area contributed by atoms with Crippen molar-refractivity contribution in [2.75, 3.05) is 6.61 Å². The number of benzene rings is 3. The van der Waals surface area contributed by atoms with Gasteiger partial charge in [0.2, 0.25) is 12.2 Å². The van der Waals surface area contributed by atoms with Crippen molar-refractivity contribution < 1.29 is 49.6 Å². The summed E-state index contributed by atoms with van der Waals surface area (Å²) >= 11 is 0. The van der Waals surface area contributed by atoms with Gasteiger partial charge in [-0.1, -0.05) is 73.2 Å². The zero-order valence-electron chi connectivity index (χ0n) is 28.7. The lowest BCUT2D eigenvalue weighted by Crippen LogP contribution is -2.63. The fourth-order valence-electron chi connectivity index (χ4n) is 7.54. The van der Waals surface area contributed by atoms with Crippen LogP contribution >= 0.6 is 0 Å². The van der Waals surface area contributed by atoms with Crippen LogP contribution in [0.3, 0.4) is 0 Å². The number of phenolic OH excluding ortho intramolecular Hbond substituents is 1. The van der Waals surface area contributed by atoms with Gasteiger partial charge in [-0.05, 0) is 84.6 Å². The number of aromatic hydroxyl groups is 1. The average Bonchev–Trinajstić information content (AvgIpc) is 3.74. The van der Waals surface area contributed by atoms with Gasteiger partial charge in [-0.25, -0.2) is 0 Å². The van der Waals surface area contributed by atoms with Gasteiger partial charge in [0.1, 0.15) is 24.4 Å². The molecule has 2 aliphatic carbocycles. The van der Waals surface area contributed by atoms with E-state index in [2.05, 4.69) is 11.4 Å². The SMILES string of the molecule is C/C(=C\c1ccc(O[C@@H]2O[C@H](/C(C)=C/COCc3ccccc3-c3ccccc3)[C@@H](O)[C@@H]2O)c(O)c1)C(=O)N[C@@H]1[C@H](O)[C@@H](O)[C@H]2CCC[C@H]2[C@@H]1O. The summed E-state index contributed by atoms with van der Waals surface area (Å²) in [6.07, 6.45) is -2.48. The third-order valence-corrected chi connectivity index (χ3v) is 10.4. The number of aliphatic hydroxyl groups is 5. The molecule has 10 atom stereocenters. The number of nitrogens with one attached hydrogen (secondary N) is 1. The van der Waals surface area contributed by atoms with Crippen molar-refractivity contribution >= 4 is 12.0 Å². The zero-order chi connectivity index (χ0) is 36.2. The lowest BCUT2D eigenvalue weighted by molar-refractivity contribution is -0.139. The van der Waals surface area contributed by atoms with E-state index in [4.69, 9.17) is 14.2 Å². The molecule has 0 spiro atoms. The molecule has 1 aliphatic heterocycles. The summed E-state index contributed by atoms with van der Waals surface area (Å²) in [5.41, 5.74) is 4.58. The van der Waals surface area contributed by atoms with Gasteiger partial charge in [0, 0.05) is 5.57 Å². The summed E-state index contributed by atoms with van der Waals surface area (Å²) in [6.45, 7) is 3.96. The first-order chi connectivity index (χ1) is 24.5. The lowest BCUT2D eigenvalue weighted by Gasteiger charge is -2.43. The molecule has 3 fully saturated rings. The van der Waals surface area contributed by atoms with Crippen LogP contribution in [0.25, 0.3) is 17.2 Å². The van der Waals surface area contributed by atoms with Crippen molar-refractivity contribution in [1.29, 1.82) is 0 Å². The maximum Gasteiger partial charge on any atom is 0.247 e. The molecule has 7 N–H and O–H groups in total. The van der Waals surface area contributed by atoms with Crippen LogP contribution in [0.4, 0.5) is 0 Å². The molecule has 3 aliphatic rings. The van der Waals surface area contributed by atoms with Gasteiger partial charge in [-0.3, -0.25) is 4.79 Å². The molecule has 1 heterocycles. The topological polar surface area (TPSA) is 178 Å². The van der Waals surface area contributed by atoms with Crippen molar-refractivity contribution in [2.45, 2.75) is 88.7 Å². The predicted octanol–water partition coefficient (Wildman–Crippen LogP) is 3.45. The Hall–Kier alpha value is -4.07. The largest absolute Gasteiger partial charge is 0.504 e. The van der Waals surface area contributed by atoms with Crippen LogP contribution in [0.2, 0.25) is 0 Å². The highest BCUT2D eigenvalue weighted by Crippen LogP contribution is 2.43. The summed E-state index contributed by atoms with van der Waals surface area (Å²) in [7, 11) is 0. The number of rotatable bonds is 11. The summed E-state index contributed by atoms with van der Waals surface area (Å²) < 4.78 is 17.6. The number of amides is 1. The van der Waals surface area contributed by atoms with Crippen molar-refractivity contribution in [3.05, 3.63) is 101 Å². The van der Waals surface area contributed by atoms with Crippen molar-refractivity contribution in [3.63, 3.8) is 0 Å². The Morgan fingerprint density at radius 3 is 2.31 bits per heavy atom. The second kappa shape index (κ2) is 16.1. The minimum absolute atomic E-state index is 0.00163. The van der Waals surface area contributed by atoms with E-state index in [0.29, 0.717) is 17.7 Å². The van der Waals surface area contributed by atoms with E-state index < -0.39 is 54.9 Å². The fraction of sp³-hybridized carbons (Fsp3) is 0.425. The van der Waals surface area contributed by atoms with E-state index >= 15 is 0 Å². The minimum atomic E-state index is -1.40. The minimum Gasteiger partial charge on any atom is -0.504 e. The first kappa shape index (κ1) is 36.7. The van der Waals surface area contributed by atoms with E-state index in [9.17, 15) is 35.4 Å². The molecule has 1 amide bonds. The highest BCUT2D eigenvalue weighted by molar-refractivity contribution is 5.97. The monoisotopic (exact) mass is 701 g/mol. The van der Waals surface area contributed by atoms with Gasteiger partial charge in [0.15, 0.2) is 11.5 Å². The molecule has 11 nitrogen and oxygen atoms in total. The Balaban J connectivity index is 1.03. The van der Waals surface area contributed by atoms with Crippen molar-refractivity contribution in [1.82, 2.24) is 5.32 Å². The van der Waals surface area contributed by atoms with Crippen LogP contribution in [0.15, 0.2) is 90.0 Å². The molecule has 1 saturated heterocycles. The van der Waals surface area contributed by atoms with Crippen LogP contribution in [-0.4, -0.2) is 92.1 Å². The molecule has 3 aromatic rings. The van der Waals surface area contributed by atoms with Gasteiger partial charge in [0.05, 0.1) is 31.5 Å². The number of hydrogen-bond acceptors (Lipinski definition) is 10. The second-order valence-corrected chi connectivity index (χ2v) is 13.8. The third kappa shape index (κ3) is 8.05. The number of carbonyl (C=O) groups excluding carboxylic acids is 1. The molecule has 11 heteroatoms. The van der Waals surface area contributed by atoms with E-state index in [1.807, 2.05) is 48.5 Å². The molecule has 0 unspecified atom stereocenters. The van der Waals surface area contributed by atoms with Gasteiger partial charge < -0.3 is 50.2 Å². The molecule has 51 heavy (non-hydrogen) atoms. The summed E-state index contributed by atoms with van der Waals surface area (Å²) in [6, 6.07) is 21.5. The molecule has 0 bridgehead atoms. The van der Waals surface area contributed by atoms with Crippen LogP contribution in [-0.2, 0) is 20.9 Å². The number of fused-ring (bicyclic) bond motifs is 1. The molecule has 6 rings (SSSR count). The molecule has 0 aromatic heterocycles. The molecular formula is C40H47NO10. The Kier molecular flexibility index (Phi) is 11.6. The molecule has 0 radical (unpaired) electrons. The quantitative estimate of drug-likeness (QED) is 0.0890. The lowest BCUT2D eigenvalue weighted by atomic mass is 9.73. The molecule has 2 saturated carbocycles. The van der Waals surface area contributed by atoms with Gasteiger partial charge in [-0.2, -0.15) is 0 Å².